The third kappa shape index (κ3) is 2.24. The number of benzene rings is 1. The number of nitrogens with zero attached hydrogens (tertiary/aromatic N) is 3. The van der Waals surface area contributed by atoms with Crippen LogP contribution in [0.15, 0.2) is 59.7 Å². The molecule has 5 heteroatoms. The van der Waals surface area contributed by atoms with Gasteiger partial charge in [0.05, 0.1) is 18.4 Å². The molecule has 0 unspecified atom stereocenters. The van der Waals surface area contributed by atoms with Crippen molar-refractivity contribution < 1.29 is 4.42 Å². The van der Waals surface area contributed by atoms with E-state index in [0.717, 1.165) is 17.1 Å². The number of nitrogens with one attached hydrogen (secondary N) is 1. The average molecular weight is 240 g/mol. The van der Waals surface area contributed by atoms with E-state index in [4.69, 9.17) is 4.42 Å². The number of rotatable bonds is 4. The van der Waals surface area contributed by atoms with Crippen molar-refractivity contribution >= 4 is 5.69 Å². The zero-order valence-electron chi connectivity index (χ0n) is 9.65. The highest BCUT2D eigenvalue weighted by molar-refractivity contribution is 5.48. The summed E-state index contributed by atoms with van der Waals surface area (Å²) in [5.41, 5.74) is 2.06. The van der Waals surface area contributed by atoms with Crippen molar-refractivity contribution in [3.8, 4) is 5.69 Å². The van der Waals surface area contributed by atoms with Crippen molar-refractivity contribution in [3.05, 3.63) is 61.1 Å². The van der Waals surface area contributed by atoms with Crippen molar-refractivity contribution in [2.75, 3.05) is 5.32 Å². The van der Waals surface area contributed by atoms with Crippen LogP contribution in [0.1, 0.15) is 5.76 Å². The largest absolute Gasteiger partial charge is 0.447 e. The Morgan fingerprint density at radius 3 is 2.78 bits per heavy atom. The average Bonchev–Trinajstić information content (AvgIpc) is 3.10. The second kappa shape index (κ2) is 4.75. The maximum atomic E-state index is 5.15. The molecule has 0 aliphatic heterocycles. The maximum Gasteiger partial charge on any atom is 0.180 e. The summed E-state index contributed by atoms with van der Waals surface area (Å²) in [5, 5.41) is 7.43. The summed E-state index contributed by atoms with van der Waals surface area (Å²) < 4.78 is 6.97. The number of aromatic nitrogens is 3. The summed E-state index contributed by atoms with van der Waals surface area (Å²) in [7, 11) is 0. The normalized spacial score (nSPS) is 10.4. The zero-order valence-corrected chi connectivity index (χ0v) is 9.65. The van der Waals surface area contributed by atoms with Crippen LogP contribution >= 0.6 is 0 Å². The molecule has 0 fully saturated rings. The summed E-state index contributed by atoms with van der Waals surface area (Å²) in [5.74, 6) is 0.811. The lowest BCUT2D eigenvalue weighted by Gasteiger charge is -2.06. The van der Waals surface area contributed by atoms with Gasteiger partial charge in [-0.3, -0.25) is 0 Å². The predicted molar refractivity (Wildman–Crippen MR) is 67.4 cm³/mol. The van der Waals surface area contributed by atoms with Gasteiger partial charge in [0.25, 0.3) is 0 Å². The van der Waals surface area contributed by atoms with Crippen LogP contribution in [0, 0.1) is 0 Å². The molecule has 0 amide bonds. The van der Waals surface area contributed by atoms with Gasteiger partial charge in [0.2, 0.25) is 0 Å². The second-order valence-electron chi connectivity index (χ2n) is 3.82. The Morgan fingerprint density at radius 1 is 1.22 bits per heavy atom. The molecule has 18 heavy (non-hydrogen) atoms. The first-order chi connectivity index (χ1) is 8.92. The number of oxazole rings is 1. The van der Waals surface area contributed by atoms with Gasteiger partial charge < -0.3 is 9.73 Å². The number of hydrogen-bond donors (Lipinski definition) is 1. The lowest BCUT2D eigenvalue weighted by molar-refractivity contribution is 0.512. The van der Waals surface area contributed by atoms with Crippen LogP contribution in [-0.2, 0) is 6.54 Å². The monoisotopic (exact) mass is 240 g/mol. The van der Waals surface area contributed by atoms with E-state index < -0.39 is 0 Å². The minimum Gasteiger partial charge on any atom is -0.447 e. The van der Waals surface area contributed by atoms with E-state index in [1.54, 1.807) is 12.4 Å². The third-order valence-corrected chi connectivity index (χ3v) is 2.59. The van der Waals surface area contributed by atoms with Crippen molar-refractivity contribution in [2.45, 2.75) is 6.54 Å². The quantitative estimate of drug-likeness (QED) is 0.761. The zero-order chi connectivity index (χ0) is 12.2. The van der Waals surface area contributed by atoms with Gasteiger partial charge in [-0.25, -0.2) is 9.67 Å². The van der Waals surface area contributed by atoms with E-state index in [0.29, 0.717) is 6.54 Å². The van der Waals surface area contributed by atoms with Crippen LogP contribution in [0.25, 0.3) is 5.69 Å². The minimum absolute atomic E-state index is 0.626. The molecule has 90 valence electrons. The molecule has 3 aromatic rings. The fraction of sp³-hybridized carbons (Fsp3) is 0.0769. The van der Waals surface area contributed by atoms with Crippen LogP contribution in [-0.4, -0.2) is 14.8 Å². The first-order valence-corrected chi connectivity index (χ1v) is 5.63. The Morgan fingerprint density at radius 2 is 2.11 bits per heavy atom. The molecule has 2 heterocycles. The standard InChI is InChI=1S/C13H12N4O/c1-6-16-17(7-1)12-4-2-11(3-5-12)15-9-13-8-14-10-18-13/h1-8,10,15H,9H2. The Labute approximate surface area is 104 Å². The van der Waals surface area contributed by atoms with Crippen molar-refractivity contribution in [2.24, 2.45) is 0 Å². The first kappa shape index (κ1) is 10.6. The SMILES string of the molecule is c1cnn(-c2ccc(NCc3cnco3)cc2)c1. The number of anilines is 1. The van der Waals surface area contributed by atoms with E-state index in [-0.39, 0.29) is 0 Å². The molecule has 0 saturated carbocycles. The van der Waals surface area contributed by atoms with Gasteiger partial charge in [-0.2, -0.15) is 5.10 Å². The molecule has 1 aromatic carbocycles. The van der Waals surface area contributed by atoms with Gasteiger partial charge in [-0.05, 0) is 30.3 Å². The van der Waals surface area contributed by atoms with Crippen molar-refractivity contribution in [1.29, 1.82) is 0 Å². The second-order valence-corrected chi connectivity index (χ2v) is 3.82. The molecular weight excluding hydrogens is 228 g/mol. The van der Waals surface area contributed by atoms with Gasteiger partial charge in [0, 0.05) is 18.1 Å². The Kier molecular flexibility index (Phi) is 2.79. The number of hydrogen-bond acceptors (Lipinski definition) is 4. The molecule has 3 rings (SSSR count). The molecular formula is C13H12N4O. The Balaban J connectivity index is 1.68. The molecule has 5 nitrogen and oxygen atoms in total. The van der Waals surface area contributed by atoms with Crippen LogP contribution in [0.5, 0.6) is 0 Å². The summed E-state index contributed by atoms with van der Waals surface area (Å²) in [4.78, 5) is 3.86. The van der Waals surface area contributed by atoms with E-state index in [9.17, 15) is 0 Å². The van der Waals surface area contributed by atoms with Crippen molar-refractivity contribution in [1.82, 2.24) is 14.8 Å². The topological polar surface area (TPSA) is 55.9 Å². The van der Waals surface area contributed by atoms with Gasteiger partial charge in [-0.15, -0.1) is 0 Å². The van der Waals surface area contributed by atoms with Gasteiger partial charge in [-0.1, -0.05) is 0 Å². The van der Waals surface area contributed by atoms with Gasteiger partial charge in [0.15, 0.2) is 6.39 Å². The minimum atomic E-state index is 0.626. The molecule has 0 saturated heterocycles. The summed E-state index contributed by atoms with van der Waals surface area (Å²) in [6.45, 7) is 0.626. The van der Waals surface area contributed by atoms with Gasteiger partial charge >= 0.3 is 0 Å². The van der Waals surface area contributed by atoms with E-state index in [1.807, 2.05) is 41.2 Å². The molecule has 2 aromatic heterocycles. The van der Waals surface area contributed by atoms with Crippen molar-refractivity contribution in [3.63, 3.8) is 0 Å². The first-order valence-electron chi connectivity index (χ1n) is 5.63. The van der Waals surface area contributed by atoms with Crippen LogP contribution in [0.3, 0.4) is 0 Å². The highest BCUT2D eigenvalue weighted by atomic mass is 16.3. The molecule has 0 aliphatic rings. The van der Waals surface area contributed by atoms with Crippen LogP contribution in [0.4, 0.5) is 5.69 Å². The van der Waals surface area contributed by atoms with Crippen LogP contribution in [0.2, 0.25) is 0 Å². The van der Waals surface area contributed by atoms with E-state index in [1.165, 1.54) is 6.39 Å². The Bertz CT molecular complexity index is 584. The third-order valence-electron chi connectivity index (χ3n) is 2.59. The highest BCUT2D eigenvalue weighted by Crippen LogP contribution is 2.13. The van der Waals surface area contributed by atoms with E-state index in [2.05, 4.69) is 15.4 Å². The van der Waals surface area contributed by atoms with Gasteiger partial charge in [0.1, 0.15) is 5.76 Å². The summed E-state index contributed by atoms with van der Waals surface area (Å²) in [6.07, 6.45) is 6.80. The summed E-state index contributed by atoms with van der Waals surface area (Å²) in [6, 6.07) is 9.93. The lowest BCUT2D eigenvalue weighted by atomic mass is 10.3. The molecule has 0 atom stereocenters. The molecule has 0 spiro atoms. The fourth-order valence-electron chi connectivity index (χ4n) is 1.67. The predicted octanol–water partition coefficient (Wildman–Crippen LogP) is 2.47. The smallest absolute Gasteiger partial charge is 0.180 e. The lowest BCUT2D eigenvalue weighted by Crippen LogP contribution is -1.99. The van der Waals surface area contributed by atoms with Crippen LogP contribution < -0.4 is 5.32 Å². The molecule has 0 bridgehead atoms. The highest BCUT2D eigenvalue weighted by Gasteiger charge is 1.98. The molecule has 0 radical (unpaired) electrons. The fourth-order valence-corrected chi connectivity index (χ4v) is 1.67. The van der Waals surface area contributed by atoms with E-state index >= 15 is 0 Å². The molecule has 0 aliphatic carbocycles. The molecule has 1 N–H and O–H groups in total. The summed E-state index contributed by atoms with van der Waals surface area (Å²) >= 11 is 0. The Hall–Kier alpha value is -2.56. The maximum absolute atomic E-state index is 5.15.